The van der Waals surface area contributed by atoms with Crippen LogP contribution in [0.2, 0.25) is 0 Å². The van der Waals surface area contributed by atoms with Crippen LogP contribution in [0.4, 0.5) is 0 Å². The molecule has 4 aromatic rings. The number of fused-ring (bicyclic) bond motifs is 1. The molecule has 2 aromatic heterocycles. The summed E-state index contributed by atoms with van der Waals surface area (Å²) in [5, 5.41) is 9.47. The van der Waals surface area contributed by atoms with Crippen LogP contribution in [-0.4, -0.2) is 26.4 Å². The molecule has 156 valence electrons. The van der Waals surface area contributed by atoms with Gasteiger partial charge in [0.15, 0.2) is 6.10 Å². The third-order valence-electron chi connectivity index (χ3n) is 5.17. The summed E-state index contributed by atoms with van der Waals surface area (Å²) < 4.78 is 7.64. The van der Waals surface area contributed by atoms with Crippen molar-refractivity contribution in [2.24, 2.45) is 0 Å². The van der Waals surface area contributed by atoms with Crippen LogP contribution in [0.3, 0.4) is 0 Å². The zero-order chi connectivity index (χ0) is 22.0. The Kier molecular flexibility index (Phi) is 5.54. The topological polar surface area (TPSA) is 80.9 Å². The summed E-state index contributed by atoms with van der Waals surface area (Å²) in [5.74, 6) is -1.37. The molecule has 0 spiro atoms. The molecule has 6 nitrogen and oxygen atoms in total. The first-order chi connectivity index (χ1) is 15.0. The number of ether oxygens (including phenoxy) is 1. The number of pyridine rings is 1. The monoisotopic (exact) mass is 414 g/mol. The fourth-order valence-electron chi connectivity index (χ4n) is 3.69. The molecule has 0 aliphatic heterocycles. The number of imidazole rings is 1. The molecule has 4 rings (SSSR count). The van der Waals surface area contributed by atoms with E-state index in [4.69, 9.17) is 4.74 Å². The number of carboxylic acid groups (broad SMARTS) is 1. The summed E-state index contributed by atoms with van der Waals surface area (Å²) in [6.07, 6.45) is 2.14. The number of nitrogens with zero attached hydrogens (tertiary/aromatic N) is 2. The van der Waals surface area contributed by atoms with Gasteiger partial charge in [0.25, 0.3) is 0 Å². The van der Waals surface area contributed by atoms with Crippen molar-refractivity contribution in [3.05, 3.63) is 95.4 Å². The van der Waals surface area contributed by atoms with Crippen LogP contribution in [0, 0.1) is 0 Å². The van der Waals surface area contributed by atoms with Gasteiger partial charge < -0.3 is 9.84 Å². The highest BCUT2D eigenvalue weighted by atomic mass is 16.5. The minimum absolute atomic E-state index is 0.238. The van der Waals surface area contributed by atoms with Crippen molar-refractivity contribution in [2.45, 2.75) is 26.4 Å². The van der Waals surface area contributed by atoms with E-state index in [0.29, 0.717) is 5.56 Å². The van der Waals surface area contributed by atoms with Crippen LogP contribution in [0.5, 0.6) is 0 Å². The number of benzene rings is 2. The maximum Gasteiger partial charge on any atom is 0.336 e. The second-order valence-electron chi connectivity index (χ2n) is 7.23. The maximum absolute atomic E-state index is 11.9. The maximum atomic E-state index is 11.9. The molecule has 2 heterocycles. The van der Waals surface area contributed by atoms with Gasteiger partial charge in [-0.1, -0.05) is 55.5 Å². The van der Waals surface area contributed by atoms with E-state index in [1.54, 1.807) is 18.2 Å². The second-order valence-corrected chi connectivity index (χ2v) is 7.23. The second kappa shape index (κ2) is 8.44. The molecule has 0 bridgehead atoms. The van der Waals surface area contributed by atoms with Crippen LogP contribution in [0.1, 0.15) is 47.3 Å². The molecule has 0 unspecified atom stereocenters. The zero-order valence-electron chi connectivity index (χ0n) is 17.3. The van der Waals surface area contributed by atoms with Gasteiger partial charge in [-0.05, 0) is 41.3 Å². The summed E-state index contributed by atoms with van der Waals surface area (Å²) in [7, 11) is 0. The highest BCUT2D eigenvalue weighted by molar-refractivity contribution is 5.96. The van der Waals surface area contributed by atoms with Crippen LogP contribution in [0.25, 0.3) is 16.8 Å². The first-order valence-corrected chi connectivity index (χ1v) is 10.0. The Balaban J connectivity index is 1.78. The average molecular weight is 414 g/mol. The van der Waals surface area contributed by atoms with Crippen molar-refractivity contribution in [3.8, 4) is 11.1 Å². The van der Waals surface area contributed by atoms with E-state index < -0.39 is 18.0 Å². The Bertz CT molecular complexity index is 1260. The molecule has 2 aromatic carbocycles. The highest BCUT2D eigenvalue weighted by Gasteiger charge is 2.21. The van der Waals surface area contributed by atoms with Gasteiger partial charge in [0, 0.05) is 13.1 Å². The van der Waals surface area contributed by atoms with Gasteiger partial charge >= 0.3 is 11.9 Å². The number of aromatic carboxylic acids is 1. The predicted molar refractivity (Wildman–Crippen MR) is 117 cm³/mol. The minimum atomic E-state index is -0.976. The van der Waals surface area contributed by atoms with Gasteiger partial charge in [0.2, 0.25) is 0 Å². The molecule has 0 amide bonds. The summed E-state index contributed by atoms with van der Waals surface area (Å²) in [4.78, 5) is 28.0. The lowest BCUT2D eigenvalue weighted by molar-refractivity contribution is -0.145. The smallest absolute Gasteiger partial charge is 0.336 e. The van der Waals surface area contributed by atoms with E-state index in [1.165, 1.54) is 6.92 Å². The van der Waals surface area contributed by atoms with E-state index in [2.05, 4.69) is 4.98 Å². The quantitative estimate of drug-likeness (QED) is 0.453. The van der Waals surface area contributed by atoms with Crippen molar-refractivity contribution < 1.29 is 19.4 Å². The molecule has 31 heavy (non-hydrogen) atoms. The van der Waals surface area contributed by atoms with Crippen LogP contribution in [-0.2, 0) is 16.0 Å². The van der Waals surface area contributed by atoms with Crippen LogP contribution in [0.15, 0.2) is 72.9 Å². The Morgan fingerprint density at radius 2 is 1.77 bits per heavy atom. The first kappa shape index (κ1) is 20.3. The Hall–Kier alpha value is -3.93. The number of aromatic nitrogens is 2. The minimum Gasteiger partial charge on any atom is -0.478 e. The number of carbonyl (C=O) groups is 2. The average Bonchev–Trinajstić information content (AvgIpc) is 3.21. The van der Waals surface area contributed by atoms with Crippen molar-refractivity contribution in [2.75, 3.05) is 0 Å². The molecule has 6 heteroatoms. The SMILES string of the molecule is CCc1cn2c([C@H](OC(C)=O)c3ccc(-c4ccccc4C(=O)O)cc3)cccc2n1. The molecule has 0 saturated heterocycles. The fourth-order valence-corrected chi connectivity index (χ4v) is 3.69. The lowest BCUT2D eigenvalue weighted by Gasteiger charge is -2.20. The number of carbonyl (C=O) groups excluding carboxylic acids is 1. The molecule has 1 atom stereocenters. The fraction of sp³-hybridized carbons (Fsp3) is 0.160. The van der Waals surface area contributed by atoms with Crippen molar-refractivity contribution in [1.82, 2.24) is 9.38 Å². The van der Waals surface area contributed by atoms with E-state index in [9.17, 15) is 14.7 Å². The number of aryl methyl sites for hydroxylation is 1. The van der Waals surface area contributed by atoms with Gasteiger partial charge in [-0.15, -0.1) is 0 Å². The summed E-state index contributed by atoms with van der Waals surface area (Å²) in [5.41, 5.74) is 4.96. The van der Waals surface area contributed by atoms with E-state index in [0.717, 1.165) is 34.6 Å². The molecule has 0 saturated carbocycles. The third-order valence-corrected chi connectivity index (χ3v) is 5.17. The van der Waals surface area contributed by atoms with E-state index in [-0.39, 0.29) is 5.56 Å². The molecule has 0 radical (unpaired) electrons. The lowest BCUT2D eigenvalue weighted by Crippen LogP contribution is -2.13. The van der Waals surface area contributed by atoms with Crippen molar-refractivity contribution >= 4 is 17.6 Å². The first-order valence-electron chi connectivity index (χ1n) is 10.0. The summed E-state index contributed by atoms with van der Waals surface area (Å²) >= 11 is 0. The third kappa shape index (κ3) is 4.05. The number of carboxylic acids is 1. The highest BCUT2D eigenvalue weighted by Crippen LogP contribution is 2.30. The van der Waals surface area contributed by atoms with Crippen molar-refractivity contribution in [1.29, 1.82) is 0 Å². The molecule has 0 fully saturated rings. The molecule has 1 N–H and O–H groups in total. The van der Waals surface area contributed by atoms with E-state index in [1.807, 2.05) is 66.1 Å². The lowest BCUT2D eigenvalue weighted by atomic mass is 9.97. The van der Waals surface area contributed by atoms with Gasteiger partial charge in [-0.2, -0.15) is 0 Å². The van der Waals surface area contributed by atoms with Crippen molar-refractivity contribution in [3.63, 3.8) is 0 Å². The van der Waals surface area contributed by atoms with Gasteiger partial charge in [-0.3, -0.25) is 9.20 Å². The molecule has 0 aliphatic rings. The zero-order valence-corrected chi connectivity index (χ0v) is 17.3. The summed E-state index contributed by atoms with van der Waals surface area (Å²) in [6, 6.07) is 20.0. The van der Waals surface area contributed by atoms with Gasteiger partial charge in [-0.25, -0.2) is 9.78 Å². The van der Waals surface area contributed by atoms with E-state index >= 15 is 0 Å². The summed E-state index contributed by atoms with van der Waals surface area (Å²) in [6.45, 7) is 3.43. The molecule has 0 aliphatic carbocycles. The van der Waals surface area contributed by atoms with Gasteiger partial charge in [0.05, 0.1) is 17.0 Å². The Labute approximate surface area is 179 Å². The number of hydrogen-bond donors (Lipinski definition) is 1. The number of esters is 1. The van der Waals surface area contributed by atoms with Gasteiger partial charge in [0.1, 0.15) is 5.65 Å². The standard InChI is InChI=1S/C25H22N2O4/c1-3-19-15-27-22(9-6-10-23(27)26-19)24(31-16(2)28)18-13-11-17(12-14-18)20-7-4-5-8-21(20)25(29)30/h4-15,24H,3H2,1-2H3,(H,29,30)/t24-/m1/s1. The molecular formula is C25H22N2O4. The van der Waals surface area contributed by atoms with Crippen LogP contribution < -0.4 is 0 Å². The normalized spacial score (nSPS) is 11.9. The largest absolute Gasteiger partial charge is 0.478 e. The Morgan fingerprint density at radius 1 is 1.03 bits per heavy atom. The molecular weight excluding hydrogens is 392 g/mol. The predicted octanol–water partition coefficient (Wildman–Crippen LogP) is 4.91. The van der Waals surface area contributed by atoms with Crippen LogP contribution >= 0.6 is 0 Å². The number of rotatable bonds is 6. The Morgan fingerprint density at radius 3 is 2.45 bits per heavy atom. The number of hydrogen-bond acceptors (Lipinski definition) is 4.